The van der Waals surface area contributed by atoms with Crippen LogP contribution in [0.2, 0.25) is 0 Å². The van der Waals surface area contributed by atoms with Crippen LogP contribution in [0, 0.1) is 0 Å². The number of aliphatic hydroxyl groups excluding tert-OH is 2. The Morgan fingerprint density at radius 3 is 1.78 bits per heavy atom. The van der Waals surface area contributed by atoms with E-state index in [9.17, 15) is 0 Å². The molecule has 0 aliphatic heterocycles. The molecule has 18 heavy (non-hydrogen) atoms. The van der Waals surface area contributed by atoms with E-state index < -0.39 is 6.10 Å². The Kier molecular flexibility index (Phi) is 6.10. The van der Waals surface area contributed by atoms with E-state index in [4.69, 9.17) is 10.2 Å². The van der Waals surface area contributed by atoms with Gasteiger partial charge < -0.3 is 10.2 Å². The highest BCUT2D eigenvalue weighted by Gasteiger charge is 2.10. The minimum Gasteiger partial charge on any atom is -0.394 e. The number of hydrogen-bond donors (Lipinski definition) is 2. The molecule has 0 aromatic heterocycles. The first-order valence-corrected chi connectivity index (χ1v) is 6.59. The van der Waals surface area contributed by atoms with Crippen LogP contribution in [-0.4, -0.2) is 22.9 Å². The fourth-order valence-corrected chi connectivity index (χ4v) is 1.90. The Balaban J connectivity index is 0.000000232. The quantitative estimate of drug-likeness (QED) is 0.790. The van der Waals surface area contributed by atoms with Crippen LogP contribution in [0.3, 0.4) is 0 Å². The maximum atomic E-state index is 8.42. The summed E-state index contributed by atoms with van der Waals surface area (Å²) < 4.78 is 0. The van der Waals surface area contributed by atoms with Gasteiger partial charge in [0.1, 0.15) is 0 Å². The van der Waals surface area contributed by atoms with Crippen molar-refractivity contribution < 1.29 is 10.2 Å². The highest BCUT2D eigenvalue weighted by molar-refractivity contribution is 5.39. The summed E-state index contributed by atoms with van der Waals surface area (Å²) in [5.74, 6) is 0. The standard InChI is InChI=1S/C12H14.C4H10O2/c1-9-7-11-5-3-4-6-12(11)8-10(9)2;1-2-4(6)3-5/h3-6H,7-8H2,1-2H3;4-6H,2-3H2,1H3. The van der Waals surface area contributed by atoms with Gasteiger partial charge in [0, 0.05) is 0 Å². The second-order valence-electron chi connectivity index (χ2n) is 4.93. The average molecular weight is 248 g/mol. The maximum absolute atomic E-state index is 8.42. The Hall–Kier alpha value is -1.12. The molecule has 0 saturated carbocycles. The molecule has 2 N–H and O–H groups in total. The molecule has 1 aliphatic rings. The molecule has 0 amide bonds. The molecule has 0 heterocycles. The molecule has 2 heteroatoms. The summed E-state index contributed by atoms with van der Waals surface area (Å²) >= 11 is 0. The molecular weight excluding hydrogens is 224 g/mol. The lowest BCUT2D eigenvalue weighted by Gasteiger charge is -2.18. The zero-order valence-corrected chi connectivity index (χ0v) is 11.6. The van der Waals surface area contributed by atoms with Gasteiger partial charge in [0.05, 0.1) is 12.7 Å². The van der Waals surface area contributed by atoms with Crippen molar-refractivity contribution in [2.24, 2.45) is 0 Å². The first-order chi connectivity index (χ1) is 8.58. The molecule has 0 bridgehead atoms. The first kappa shape index (κ1) is 14.9. The van der Waals surface area contributed by atoms with Gasteiger partial charge in [0.2, 0.25) is 0 Å². The highest BCUT2D eigenvalue weighted by Crippen LogP contribution is 2.24. The third-order valence-corrected chi connectivity index (χ3v) is 3.44. The van der Waals surface area contributed by atoms with Crippen molar-refractivity contribution in [3.8, 4) is 0 Å². The molecule has 1 unspecified atom stereocenters. The largest absolute Gasteiger partial charge is 0.394 e. The van der Waals surface area contributed by atoms with Crippen LogP contribution < -0.4 is 0 Å². The molecule has 0 fully saturated rings. The van der Waals surface area contributed by atoms with Crippen molar-refractivity contribution in [1.29, 1.82) is 0 Å². The Morgan fingerprint density at radius 2 is 1.50 bits per heavy atom. The third-order valence-electron chi connectivity index (χ3n) is 3.44. The van der Waals surface area contributed by atoms with E-state index in [1.165, 1.54) is 11.1 Å². The Morgan fingerprint density at radius 1 is 1.06 bits per heavy atom. The molecule has 100 valence electrons. The van der Waals surface area contributed by atoms with E-state index >= 15 is 0 Å². The van der Waals surface area contributed by atoms with E-state index in [1.807, 2.05) is 6.92 Å². The summed E-state index contributed by atoms with van der Waals surface area (Å²) in [6.07, 6.45) is 2.44. The summed E-state index contributed by atoms with van der Waals surface area (Å²) in [6.45, 7) is 6.19. The lowest BCUT2D eigenvalue weighted by atomic mass is 9.88. The fourth-order valence-electron chi connectivity index (χ4n) is 1.90. The summed E-state index contributed by atoms with van der Waals surface area (Å²) in [6, 6.07) is 8.75. The molecular formula is C16H24O2. The van der Waals surface area contributed by atoms with Crippen LogP contribution >= 0.6 is 0 Å². The maximum Gasteiger partial charge on any atom is 0.0768 e. The Labute approximate surface area is 110 Å². The monoisotopic (exact) mass is 248 g/mol. The van der Waals surface area contributed by atoms with E-state index in [-0.39, 0.29) is 6.61 Å². The van der Waals surface area contributed by atoms with Crippen molar-refractivity contribution in [3.05, 3.63) is 46.5 Å². The zero-order chi connectivity index (χ0) is 13.5. The molecule has 1 aliphatic carbocycles. The predicted molar refractivity (Wildman–Crippen MR) is 75.6 cm³/mol. The Bertz CT molecular complexity index is 370. The number of fused-ring (bicyclic) bond motifs is 1. The normalized spacial score (nSPS) is 15.6. The van der Waals surface area contributed by atoms with Crippen LogP contribution in [0.5, 0.6) is 0 Å². The van der Waals surface area contributed by atoms with E-state index in [0.29, 0.717) is 6.42 Å². The van der Waals surface area contributed by atoms with Crippen molar-refractivity contribution in [3.63, 3.8) is 0 Å². The summed E-state index contributed by atoms with van der Waals surface area (Å²) in [7, 11) is 0. The van der Waals surface area contributed by atoms with Gasteiger partial charge in [-0.15, -0.1) is 0 Å². The SMILES string of the molecule is CC1=C(C)Cc2ccccc2C1.CCC(O)CO. The van der Waals surface area contributed by atoms with Crippen LogP contribution in [0.4, 0.5) is 0 Å². The van der Waals surface area contributed by atoms with Crippen molar-refractivity contribution >= 4 is 0 Å². The van der Waals surface area contributed by atoms with Gasteiger partial charge in [-0.3, -0.25) is 0 Å². The van der Waals surface area contributed by atoms with Gasteiger partial charge in [0.25, 0.3) is 0 Å². The zero-order valence-electron chi connectivity index (χ0n) is 11.6. The van der Waals surface area contributed by atoms with E-state index in [0.717, 1.165) is 12.8 Å². The molecule has 0 radical (unpaired) electrons. The number of rotatable bonds is 2. The van der Waals surface area contributed by atoms with Crippen LogP contribution in [-0.2, 0) is 12.8 Å². The van der Waals surface area contributed by atoms with Crippen molar-refractivity contribution in [1.82, 2.24) is 0 Å². The van der Waals surface area contributed by atoms with Gasteiger partial charge >= 0.3 is 0 Å². The van der Waals surface area contributed by atoms with Crippen molar-refractivity contribution in [2.45, 2.75) is 46.1 Å². The summed E-state index contributed by atoms with van der Waals surface area (Å²) in [4.78, 5) is 0. The van der Waals surface area contributed by atoms with Crippen LogP contribution in [0.25, 0.3) is 0 Å². The van der Waals surface area contributed by atoms with Gasteiger partial charge in [-0.25, -0.2) is 0 Å². The van der Waals surface area contributed by atoms with E-state index in [2.05, 4.69) is 38.1 Å². The molecule has 0 spiro atoms. The fraction of sp³-hybridized carbons (Fsp3) is 0.500. The molecule has 1 aromatic carbocycles. The van der Waals surface area contributed by atoms with Gasteiger partial charge in [-0.1, -0.05) is 42.3 Å². The molecule has 0 saturated heterocycles. The predicted octanol–water partition coefficient (Wildman–Crippen LogP) is 2.87. The van der Waals surface area contributed by atoms with Gasteiger partial charge in [-0.05, 0) is 44.2 Å². The molecule has 1 aromatic rings. The highest BCUT2D eigenvalue weighted by atomic mass is 16.3. The second-order valence-corrected chi connectivity index (χ2v) is 4.93. The minimum atomic E-state index is -0.509. The molecule has 1 atom stereocenters. The number of allylic oxidation sites excluding steroid dienone is 2. The smallest absolute Gasteiger partial charge is 0.0768 e. The molecule has 2 rings (SSSR count). The minimum absolute atomic E-state index is 0.115. The number of aliphatic hydroxyl groups is 2. The average Bonchev–Trinajstić information content (AvgIpc) is 2.40. The third kappa shape index (κ3) is 4.28. The summed E-state index contributed by atoms with van der Waals surface area (Å²) in [5.41, 5.74) is 6.13. The van der Waals surface area contributed by atoms with Gasteiger partial charge in [-0.2, -0.15) is 0 Å². The topological polar surface area (TPSA) is 40.5 Å². The lowest BCUT2D eigenvalue weighted by Crippen LogP contribution is -2.08. The molecule has 2 nitrogen and oxygen atoms in total. The van der Waals surface area contributed by atoms with Crippen LogP contribution in [0.1, 0.15) is 38.3 Å². The first-order valence-electron chi connectivity index (χ1n) is 6.59. The van der Waals surface area contributed by atoms with E-state index in [1.54, 1.807) is 11.1 Å². The lowest BCUT2D eigenvalue weighted by molar-refractivity contribution is 0.0923. The van der Waals surface area contributed by atoms with Crippen LogP contribution in [0.15, 0.2) is 35.4 Å². The van der Waals surface area contributed by atoms with Crippen molar-refractivity contribution in [2.75, 3.05) is 6.61 Å². The second kappa shape index (κ2) is 7.34. The number of benzene rings is 1. The van der Waals surface area contributed by atoms with Gasteiger partial charge in [0.15, 0.2) is 0 Å². The number of hydrogen-bond acceptors (Lipinski definition) is 2. The summed E-state index contributed by atoms with van der Waals surface area (Å²) in [5, 5.41) is 16.5.